The maximum absolute atomic E-state index is 11.6. The summed E-state index contributed by atoms with van der Waals surface area (Å²) in [7, 11) is 1.59. The minimum atomic E-state index is -0.184. The lowest BCUT2D eigenvalue weighted by atomic mass is 10.2. The molecule has 0 unspecified atom stereocenters. The quantitative estimate of drug-likeness (QED) is 0.729. The van der Waals surface area contributed by atoms with Gasteiger partial charge in [-0.1, -0.05) is 38.3 Å². The topological polar surface area (TPSA) is 50.4 Å². The summed E-state index contributed by atoms with van der Waals surface area (Å²) < 4.78 is 5.16. The van der Waals surface area contributed by atoms with Crippen LogP contribution in [0, 0.1) is 0 Å². The number of hydrogen-bond acceptors (Lipinski definition) is 2. The molecule has 0 aliphatic carbocycles. The molecule has 0 saturated heterocycles. The first kappa shape index (κ1) is 14.4. The Balaban J connectivity index is 2.31. The highest BCUT2D eigenvalue weighted by Gasteiger charge is 2.05. The number of ether oxygens (including phenoxy) is 1. The number of urea groups is 1. The van der Waals surface area contributed by atoms with Crippen LogP contribution in [0.4, 0.5) is 10.5 Å². The van der Waals surface area contributed by atoms with Crippen molar-refractivity contribution in [1.82, 2.24) is 5.32 Å². The minimum Gasteiger partial charge on any atom is -0.495 e. The van der Waals surface area contributed by atoms with Crippen LogP contribution in [0.5, 0.6) is 5.75 Å². The third kappa shape index (κ3) is 5.08. The van der Waals surface area contributed by atoms with E-state index in [1.807, 2.05) is 24.3 Å². The Morgan fingerprint density at radius 3 is 2.72 bits per heavy atom. The van der Waals surface area contributed by atoms with Gasteiger partial charge in [0.25, 0.3) is 0 Å². The van der Waals surface area contributed by atoms with E-state index in [0.717, 1.165) is 12.8 Å². The molecule has 0 atom stereocenters. The Kier molecular flexibility index (Phi) is 6.69. The van der Waals surface area contributed by atoms with Gasteiger partial charge < -0.3 is 15.4 Å². The molecule has 0 aliphatic rings. The van der Waals surface area contributed by atoms with Crippen LogP contribution in [0.3, 0.4) is 0 Å². The maximum atomic E-state index is 11.6. The minimum absolute atomic E-state index is 0.184. The van der Waals surface area contributed by atoms with E-state index in [9.17, 15) is 4.79 Å². The fraction of sp³-hybridized carbons (Fsp3) is 0.500. The van der Waals surface area contributed by atoms with Crippen LogP contribution in [0.2, 0.25) is 0 Å². The highest BCUT2D eigenvalue weighted by atomic mass is 16.5. The van der Waals surface area contributed by atoms with Crippen LogP contribution in [0.25, 0.3) is 0 Å². The van der Waals surface area contributed by atoms with Crippen LogP contribution in [-0.4, -0.2) is 19.7 Å². The first-order valence-electron chi connectivity index (χ1n) is 6.45. The number of rotatable bonds is 7. The average Bonchev–Trinajstić information content (AvgIpc) is 2.39. The van der Waals surface area contributed by atoms with Crippen molar-refractivity contribution in [2.24, 2.45) is 0 Å². The molecule has 4 nitrogen and oxygen atoms in total. The molecule has 1 aromatic rings. The van der Waals surface area contributed by atoms with E-state index in [0.29, 0.717) is 18.0 Å². The zero-order chi connectivity index (χ0) is 13.2. The summed E-state index contributed by atoms with van der Waals surface area (Å²) in [6.45, 7) is 2.88. The number of benzene rings is 1. The molecule has 0 bridgehead atoms. The van der Waals surface area contributed by atoms with Crippen molar-refractivity contribution in [3.8, 4) is 5.75 Å². The Morgan fingerprint density at radius 2 is 2.00 bits per heavy atom. The number of amides is 2. The van der Waals surface area contributed by atoms with Crippen LogP contribution in [-0.2, 0) is 0 Å². The number of unbranched alkanes of at least 4 members (excludes halogenated alkanes) is 3. The van der Waals surface area contributed by atoms with Gasteiger partial charge in [0.1, 0.15) is 5.75 Å². The lowest BCUT2D eigenvalue weighted by Gasteiger charge is -2.10. The average molecular weight is 250 g/mol. The van der Waals surface area contributed by atoms with Crippen molar-refractivity contribution in [3.63, 3.8) is 0 Å². The number of nitrogens with one attached hydrogen (secondary N) is 2. The van der Waals surface area contributed by atoms with Crippen molar-refractivity contribution < 1.29 is 9.53 Å². The molecule has 0 spiro atoms. The number of hydrogen-bond donors (Lipinski definition) is 2. The molecule has 4 heteroatoms. The van der Waals surface area contributed by atoms with Crippen LogP contribution in [0.1, 0.15) is 32.6 Å². The molecule has 18 heavy (non-hydrogen) atoms. The zero-order valence-corrected chi connectivity index (χ0v) is 11.2. The van der Waals surface area contributed by atoms with E-state index in [1.54, 1.807) is 7.11 Å². The Hall–Kier alpha value is -1.71. The molecule has 1 rings (SSSR count). The first-order valence-corrected chi connectivity index (χ1v) is 6.45. The lowest BCUT2D eigenvalue weighted by molar-refractivity contribution is 0.251. The molecule has 0 radical (unpaired) electrons. The van der Waals surface area contributed by atoms with Gasteiger partial charge in [0, 0.05) is 6.54 Å². The lowest BCUT2D eigenvalue weighted by Crippen LogP contribution is -2.29. The number of carbonyl (C=O) groups excluding carboxylic acids is 1. The van der Waals surface area contributed by atoms with Gasteiger partial charge in [0.15, 0.2) is 0 Å². The largest absolute Gasteiger partial charge is 0.495 e. The fourth-order valence-electron chi connectivity index (χ4n) is 1.67. The van der Waals surface area contributed by atoms with E-state index < -0.39 is 0 Å². The van der Waals surface area contributed by atoms with E-state index in [2.05, 4.69) is 17.6 Å². The van der Waals surface area contributed by atoms with Crippen molar-refractivity contribution >= 4 is 11.7 Å². The van der Waals surface area contributed by atoms with E-state index in [1.165, 1.54) is 12.8 Å². The van der Waals surface area contributed by atoms with Crippen molar-refractivity contribution in [3.05, 3.63) is 24.3 Å². The van der Waals surface area contributed by atoms with Crippen molar-refractivity contribution in [2.75, 3.05) is 19.0 Å². The molecular formula is C14H22N2O2. The van der Waals surface area contributed by atoms with Gasteiger partial charge in [0.05, 0.1) is 12.8 Å². The highest BCUT2D eigenvalue weighted by Crippen LogP contribution is 2.22. The molecule has 0 heterocycles. The Morgan fingerprint density at radius 1 is 1.22 bits per heavy atom. The van der Waals surface area contributed by atoms with Gasteiger partial charge in [0.2, 0.25) is 0 Å². The summed E-state index contributed by atoms with van der Waals surface area (Å²) in [5.41, 5.74) is 0.686. The molecular weight excluding hydrogens is 228 g/mol. The predicted octanol–water partition coefficient (Wildman–Crippen LogP) is 3.40. The summed E-state index contributed by atoms with van der Waals surface area (Å²) in [4.78, 5) is 11.6. The number of carbonyl (C=O) groups is 1. The fourth-order valence-corrected chi connectivity index (χ4v) is 1.67. The second kappa shape index (κ2) is 8.39. The van der Waals surface area contributed by atoms with E-state index in [4.69, 9.17) is 4.74 Å². The van der Waals surface area contributed by atoms with E-state index >= 15 is 0 Å². The maximum Gasteiger partial charge on any atom is 0.319 e. The van der Waals surface area contributed by atoms with Crippen LogP contribution < -0.4 is 15.4 Å². The summed E-state index contributed by atoms with van der Waals surface area (Å²) in [6, 6.07) is 7.18. The molecule has 100 valence electrons. The van der Waals surface area contributed by atoms with Gasteiger partial charge in [-0.3, -0.25) is 0 Å². The number of anilines is 1. The molecule has 0 aliphatic heterocycles. The summed E-state index contributed by atoms with van der Waals surface area (Å²) in [5.74, 6) is 0.665. The number of methoxy groups -OCH3 is 1. The second-order valence-electron chi connectivity index (χ2n) is 4.14. The third-order valence-electron chi connectivity index (χ3n) is 2.67. The molecule has 0 fully saturated rings. The highest BCUT2D eigenvalue weighted by molar-refractivity contribution is 5.90. The van der Waals surface area contributed by atoms with Gasteiger partial charge in [-0.05, 0) is 18.6 Å². The summed E-state index contributed by atoms with van der Waals surface area (Å²) in [6.07, 6.45) is 4.60. The number of para-hydroxylation sites is 2. The van der Waals surface area contributed by atoms with Crippen LogP contribution in [0.15, 0.2) is 24.3 Å². The van der Waals surface area contributed by atoms with Gasteiger partial charge in [-0.2, -0.15) is 0 Å². The molecule has 0 saturated carbocycles. The second-order valence-corrected chi connectivity index (χ2v) is 4.14. The van der Waals surface area contributed by atoms with Gasteiger partial charge >= 0.3 is 6.03 Å². The van der Waals surface area contributed by atoms with Gasteiger partial charge in [-0.15, -0.1) is 0 Å². The molecule has 1 aromatic carbocycles. The third-order valence-corrected chi connectivity index (χ3v) is 2.67. The normalized spacial score (nSPS) is 9.89. The van der Waals surface area contributed by atoms with Gasteiger partial charge in [-0.25, -0.2) is 4.79 Å². The molecule has 2 N–H and O–H groups in total. The Bertz CT molecular complexity index is 367. The van der Waals surface area contributed by atoms with Crippen molar-refractivity contribution in [2.45, 2.75) is 32.6 Å². The zero-order valence-electron chi connectivity index (χ0n) is 11.2. The van der Waals surface area contributed by atoms with Crippen LogP contribution >= 0.6 is 0 Å². The standard InChI is InChI=1S/C14H22N2O2/c1-3-4-5-8-11-15-14(17)16-12-9-6-7-10-13(12)18-2/h6-7,9-10H,3-5,8,11H2,1-2H3,(H2,15,16,17). The van der Waals surface area contributed by atoms with E-state index in [-0.39, 0.29) is 6.03 Å². The smallest absolute Gasteiger partial charge is 0.319 e. The monoisotopic (exact) mass is 250 g/mol. The Labute approximate surface area is 109 Å². The first-order chi connectivity index (χ1) is 8.77. The summed E-state index contributed by atoms with van der Waals surface area (Å²) >= 11 is 0. The predicted molar refractivity (Wildman–Crippen MR) is 74.2 cm³/mol. The molecule has 0 aromatic heterocycles. The molecule has 2 amide bonds. The SMILES string of the molecule is CCCCCCNC(=O)Nc1ccccc1OC. The summed E-state index contributed by atoms with van der Waals surface area (Å²) in [5, 5.41) is 5.61. The van der Waals surface area contributed by atoms with Crippen molar-refractivity contribution in [1.29, 1.82) is 0 Å².